The van der Waals surface area contributed by atoms with E-state index >= 15 is 0 Å². The maximum atomic E-state index is 12.9. The molecule has 1 atom stereocenters. The number of rotatable bonds is 4. The Labute approximate surface area is 138 Å². The molecule has 0 radical (unpaired) electrons. The largest absolute Gasteiger partial charge is 0.339 e. The molecule has 1 fully saturated rings. The van der Waals surface area contributed by atoms with Crippen LogP contribution in [0, 0.1) is 5.92 Å². The van der Waals surface area contributed by atoms with Crippen molar-refractivity contribution < 1.29 is 9.59 Å². The summed E-state index contributed by atoms with van der Waals surface area (Å²) in [6.45, 7) is 8.45. The van der Waals surface area contributed by atoms with E-state index in [0.29, 0.717) is 32.7 Å². The minimum absolute atomic E-state index is 0.0851. The maximum Gasteiger partial charge on any atom is 0.232 e. The van der Waals surface area contributed by atoms with E-state index in [2.05, 4.69) is 0 Å². The van der Waals surface area contributed by atoms with Crippen LogP contribution in [-0.4, -0.2) is 54.3 Å². The number of nitrogens with two attached hydrogens (primary N) is 1. The van der Waals surface area contributed by atoms with E-state index < -0.39 is 5.41 Å². The standard InChI is InChI=1S/C18H27N3O2/c1-14(13-19)16(22)20-9-11-21(12-10-20)17(23)18(2,3)15-7-5-4-6-8-15/h4-8,14H,9-13,19H2,1-3H3. The Bertz CT molecular complexity index is 549. The molecule has 0 bridgehead atoms. The lowest BCUT2D eigenvalue weighted by Crippen LogP contribution is -2.55. The van der Waals surface area contributed by atoms with Gasteiger partial charge < -0.3 is 15.5 Å². The minimum Gasteiger partial charge on any atom is -0.339 e. The molecule has 1 aliphatic rings. The van der Waals surface area contributed by atoms with Crippen molar-refractivity contribution in [3.8, 4) is 0 Å². The Morgan fingerprint density at radius 2 is 1.61 bits per heavy atom. The van der Waals surface area contributed by atoms with E-state index in [1.807, 2.05) is 60.9 Å². The molecule has 1 aromatic rings. The average Bonchev–Trinajstić information content (AvgIpc) is 2.60. The molecule has 5 nitrogen and oxygen atoms in total. The quantitative estimate of drug-likeness (QED) is 0.908. The summed E-state index contributed by atoms with van der Waals surface area (Å²) in [6.07, 6.45) is 0. The molecule has 0 aromatic heterocycles. The van der Waals surface area contributed by atoms with Gasteiger partial charge in [-0.05, 0) is 19.4 Å². The third-order valence-corrected chi connectivity index (χ3v) is 4.68. The lowest BCUT2D eigenvalue weighted by atomic mass is 9.83. The van der Waals surface area contributed by atoms with E-state index in [1.165, 1.54) is 0 Å². The third kappa shape index (κ3) is 3.72. The molecule has 23 heavy (non-hydrogen) atoms. The molecule has 1 unspecified atom stereocenters. The molecule has 2 rings (SSSR count). The first-order valence-corrected chi connectivity index (χ1v) is 8.21. The van der Waals surface area contributed by atoms with Crippen LogP contribution in [0.5, 0.6) is 0 Å². The number of benzene rings is 1. The van der Waals surface area contributed by atoms with Crippen molar-refractivity contribution in [2.75, 3.05) is 32.7 Å². The summed E-state index contributed by atoms with van der Waals surface area (Å²) in [5, 5.41) is 0. The summed E-state index contributed by atoms with van der Waals surface area (Å²) < 4.78 is 0. The maximum absolute atomic E-state index is 12.9. The van der Waals surface area contributed by atoms with E-state index in [4.69, 9.17) is 5.73 Å². The van der Waals surface area contributed by atoms with Crippen LogP contribution < -0.4 is 5.73 Å². The van der Waals surface area contributed by atoms with Gasteiger partial charge >= 0.3 is 0 Å². The summed E-state index contributed by atoms with van der Waals surface area (Å²) in [5.41, 5.74) is 6.02. The Morgan fingerprint density at radius 1 is 1.09 bits per heavy atom. The fraction of sp³-hybridized carbons (Fsp3) is 0.556. The fourth-order valence-corrected chi connectivity index (χ4v) is 2.92. The molecule has 1 aliphatic heterocycles. The van der Waals surface area contributed by atoms with Crippen LogP contribution in [0.3, 0.4) is 0 Å². The van der Waals surface area contributed by atoms with Crippen molar-refractivity contribution in [3.05, 3.63) is 35.9 Å². The number of piperazine rings is 1. The number of carbonyl (C=O) groups is 2. The van der Waals surface area contributed by atoms with E-state index in [-0.39, 0.29) is 17.7 Å². The normalized spacial score (nSPS) is 17.0. The molecule has 1 aromatic carbocycles. The van der Waals surface area contributed by atoms with Crippen LogP contribution in [0.15, 0.2) is 30.3 Å². The molecule has 2 N–H and O–H groups in total. The molecular weight excluding hydrogens is 290 g/mol. The molecule has 0 aliphatic carbocycles. The van der Waals surface area contributed by atoms with Gasteiger partial charge in [-0.25, -0.2) is 0 Å². The van der Waals surface area contributed by atoms with Gasteiger partial charge in [0.1, 0.15) is 0 Å². The average molecular weight is 317 g/mol. The van der Waals surface area contributed by atoms with Crippen molar-refractivity contribution in [3.63, 3.8) is 0 Å². The zero-order chi connectivity index (χ0) is 17.0. The van der Waals surface area contributed by atoms with Crippen molar-refractivity contribution >= 4 is 11.8 Å². The predicted molar refractivity (Wildman–Crippen MR) is 90.8 cm³/mol. The van der Waals surface area contributed by atoms with Crippen molar-refractivity contribution in [2.45, 2.75) is 26.2 Å². The zero-order valence-corrected chi connectivity index (χ0v) is 14.3. The topological polar surface area (TPSA) is 66.6 Å². The molecule has 0 saturated carbocycles. The second-order valence-corrected chi connectivity index (χ2v) is 6.75. The molecule has 126 valence electrons. The Hall–Kier alpha value is -1.88. The van der Waals surface area contributed by atoms with Gasteiger partial charge in [0.15, 0.2) is 0 Å². The highest BCUT2D eigenvalue weighted by molar-refractivity contribution is 5.87. The Morgan fingerprint density at radius 3 is 2.13 bits per heavy atom. The number of nitrogens with zero attached hydrogens (tertiary/aromatic N) is 2. The van der Waals surface area contributed by atoms with Crippen LogP contribution in [0.25, 0.3) is 0 Å². The Balaban J connectivity index is 2.00. The molecular formula is C18H27N3O2. The highest BCUT2D eigenvalue weighted by atomic mass is 16.2. The number of hydrogen-bond acceptors (Lipinski definition) is 3. The van der Waals surface area contributed by atoms with E-state index in [1.54, 1.807) is 0 Å². The van der Waals surface area contributed by atoms with Gasteiger partial charge in [0.05, 0.1) is 5.41 Å². The van der Waals surface area contributed by atoms with Crippen molar-refractivity contribution in [2.24, 2.45) is 11.7 Å². The van der Waals surface area contributed by atoms with Gasteiger partial charge in [-0.1, -0.05) is 37.3 Å². The summed E-state index contributed by atoms with van der Waals surface area (Å²) in [4.78, 5) is 28.7. The molecule has 1 heterocycles. The Kier molecular flexibility index (Phi) is 5.42. The summed E-state index contributed by atoms with van der Waals surface area (Å²) >= 11 is 0. The zero-order valence-electron chi connectivity index (χ0n) is 14.3. The minimum atomic E-state index is -0.558. The van der Waals surface area contributed by atoms with E-state index in [9.17, 15) is 9.59 Å². The molecule has 0 spiro atoms. The first-order valence-electron chi connectivity index (χ1n) is 8.21. The second-order valence-electron chi connectivity index (χ2n) is 6.75. The summed E-state index contributed by atoms with van der Waals surface area (Å²) in [6, 6.07) is 9.83. The fourth-order valence-electron chi connectivity index (χ4n) is 2.92. The lowest BCUT2D eigenvalue weighted by molar-refractivity contribution is -0.144. The van der Waals surface area contributed by atoms with Crippen molar-refractivity contribution in [1.82, 2.24) is 9.80 Å². The van der Waals surface area contributed by atoms with E-state index in [0.717, 1.165) is 5.56 Å². The smallest absolute Gasteiger partial charge is 0.232 e. The van der Waals surface area contributed by atoms with Crippen LogP contribution in [0.2, 0.25) is 0 Å². The van der Waals surface area contributed by atoms with Gasteiger partial charge in [0.2, 0.25) is 11.8 Å². The molecule has 1 saturated heterocycles. The van der Waals surface area contributed by atoms with Crippen LogP contribution in [-0.2, 0) is 15.0 Å². The molecule has 5 heteroatoms. The SMILES string of the molecule is CC(CN)C(=O)N1CCN(C(=O)C(C)(C)c2ccccc2)CC1. The highest BCUT2D eigenvalue weighted by Gasteiger charge is 2.35. The first-order chi connectivity index (χ1) is 10.9. The molecule has 2 amide bonds. The van der Waals surface area contributed by atoms with Gasteiger partial charge in [-0.15, -0.1) is 0 Å². The second kappa shape index (κ2) is 7.13. The number of carbonyl (C=O) groups excluding carboxylic acids is 2. The first kappa shape index (κ1) is 17.5. The summed E-state index contributed by atoms with van der Waals surface area (Å²) in [5.74, 6) is 0.0441. The predicted octanol–water partition coefficient (Wildman–Crippen LogP) is 1.23. The van der Waals surface area contributed by atoms with Crippen LogP contribution in [0.4, 0.5) is 0 Å². The van der Waals surface area contributed by atoms with Crippen LogP contribution >= 0.6 is 0 Å². The monoisotopic (exact) mass is 317 g/mol. The van der Waals surface area contributed by atoms with Gasteiger partial charge in [-0.3, -0.25) is 9.59 Å². The third-order valence-electron chi connectivity index (χ3n) is 4.68. The number of amides is 2. The highest BCUT2D eigenvalue weighted by Crippen LogP contribution is 2.26. The van der Waals surface area contributed by atoms with Gasteiger partial charge in [0, 0.05) is 38.6 Å². The van der Waals surface area contributed by atoms with Gasteiger partial charge in [-0.2, -0.15) is 0 Å². The summed E-state index contributed by atoms with van der Waals surface area (Å²) in [7, 11) is 0. The van der Waals surface area contributed by atoms with Crippen molar-refractivity contribution in [1.29, 1.82) is 0 Å². The van der Waals surface area contributed by atoms with Gasteiger partial charge in [0.25, 0.3) is 0 Å². The lowest BCUT2D eigenvalue weighted by Gasteiger charge is -2.39. The number of hydrogen-bond donors (Lipinski definition) is 1. The van der Waals surface area contributed by atoms with Crippen LogP contribution in [0.1, 0.15) is 26.3 Å².